The van der Waals surface area contributed by atoms with Gasteiger partial charge in [-0.05, 0) is 23.8 Å². The second-order valence-electron chi connectivity index (χ2n) is 4.82. The van der Waals surface area contributed by atoms with Crippen molar-refractivity contribution in [2.75, 3.05) is 6.61 Å². The molecular weight excluding hydrogens is 308 g/mol. The molecule has 0 radical (unpaired) electrons. The Balaban J connectivity index is 2.05. The number of hydrogen-bond donors (Lipinski definition) is 0. The molecule has 5 nitrogen and oxygen atoms in total. The molecule has 0 unspecified atom stereocenters. The summed E-state index contributed by atoms with van der Waals surface area (Å²) < 4.78 is 9.81. The third-order valence-corrected chi connectivity index (χ3v) is 3.21. The molecule has 24 heavy (non-hydrogen) atoms. The molecule has 0 aliphatic heterocycles. The number of esters is 3. The highest BCUT2D eigenvalue weighted by Gasteiger charge is 2.17. The second-order valence-corrected chi connectivity index (χ2v) is 4.82. The van der Waals surface area contributed by atoms with Crippen LogP contribution in [0.5, 0.6) is 0 Å². The van der Waals surface area contributed by atoms with Crippen molar-refractivity contribution >= 4 is 17.9 Å². The van der Waals surface area contributed by atoms with Crippen LogP contribution in [-0.4, -0.2) is 24.5 Å². The summed E-state index contributed by atoms with van der Waals surface area (Å²) in [7, 11) is 0. The van der Waals surface area contributed by atoms with Crippen molar-refractivity contribution in [1.29, 1.82) is 0 Å². The van der Waals surface area contributed by atoms with Gasteiger partial charge in [0.05, 0.1) is 17.7 Å². The zero-order valence-electron chi connectivity index (χ0n) is 12.9. The van der Waals surface area contributed by atoms with E-state index in [0.717, 1.165) is 6.08 Å². The molecule has 0 bridgehead atoms. The minimum atomic E-state index is -0.741. The van der Waals surface area contributed by atoms with Crippen molar-refractivity contribution < 1.29 is 23.9 Å². The van der Waals surface area contributed by atoms with Crippen LogP contribution in [0.3, 0.4) is 0 Å². The normalized spacial score (nSPS) is 9.83. The fourth-order valence-electron chi connectivity index (χ4n) is 2.03. The first-order valence-electron chi connectivity index (χ1n) is 7.30. The molecule has 0 saturated heterocycles. The topological polar surface area (TPSA) is 69.7 Å². The zero-order valence-corrected chi connectivity index (χ0v) is 12.9. The molecule has 2 rings (SSSR count). The molecule has 0 amide bonds. The number of carbonyl (C=O) groups excluding carboxylic acids is 3. The van der Waals surface area contributed by atoms with E-state index < -0.39 is 17.9 Å². The van der Waals surface area contributed by atoms with Crippen LogP contribution in [0.4, 0.5) is 0 Å². The highest BCUT2D eigenvalue weighted by molar-refractivity contribution is 6.03. The highest BCUT2D eigenvalue weighted by Crippen LogP contribution is 2.13. The van der Waals surface area contributed by atoms with Gasteiger partial charge in [-0.1, -0.05) is 43.0 Å². The molecule has 0 atom stereocenters. The standard InChI is InChI=1S/C19H16O5/c1-2-17(20)23-13-12-14-8-6-7-11-16(14)19(22)24-18(21)15-9-4-3-5-10-15/h2-11H,1,12-13H2. The summed E-state index contributed by atoms with van der Waals surface area (Å²) >= 11 is 0. The van der Waals surface area contributed by atoms with Crippen molar-refractivity contribution in [3.63, 3.8) is 0 Å². The lowest BCUT2D eigenvalue weighted by atomic mass is 10.1. The van der Waals surface area contributed by atoms with Gasteiger partial charge in [0.2, 0.25) is 0 Å². The number of hydrogen-bond acceptors (Lipinski definition) is 5. The summed E-state index contributed by atoms with van der Waals surface area (Å²) in [5, 5.41) is 0. The number of rotatable bonds is 6. The molecular formula is C19H16O5. The maximum Gasteiger partial charge on any atom is 0.346 e. The van der Waals surface area contributed by atoms with E-state index in [4.69, 9.17) is 9.47 Å². The van der Waals surface area contributed by atoms with Crippen LogP contribution in [0.2, 0.25) is 0 Å². The molecule has 0 aromatic heterocycles. The lowest BCUT2D eigenvalue weighted by molar-refractivity contribution is -0.137. The van der Waals surface area contributed by atoms with Gasteiger partial charge >= 0.3 is 17.9 Å². The summed E-state index contributed by atoms with van der Waals surface area (Å²) in [6.07, 6.45) is 1.39. The van der Waals surface area contributed by atoms with Crippen molar-refractivity contribution in [3.05, 3.63) is 83.9 Å². The van der Waals surface area contributed by atoms with E-state index in [1.807, 2.05) is 0 Å². The second kappa shape index (κ2) is 8.43. The van der Waals surface area contributed by atoms with E-state index in [1.54, 1.807) is 54.6 Å². The predicted octanol–water partition coefficient (Wildman–Crippen LogP) is 2.96. The fraction of sp³-hybridized carbons (Fsp3) is 0.105. The average molecular weight is 324 g/mol. The summed E-state index contributed by atoms with van der Waals surface area (Å²) in [6.45, 7) is 3.41. The Morgan fingerprint density at radius 3 is 2.29 bits per heavy atom. The molecule has 5 heteroatoms. The fourth-order valence-corrected chi connectivity index (χ4v) is 2.03. The molecule has 0 N–H and O–H groups in total. The van der Waals surface area contributed by atoms with Crippen LogP contribution in [0, 0.1) is 0 Å². The first kappa shape index (κ1) is 17.1. The van der Waals surface area contributed by atoms with Gasteiger partial charge in [-0.2, -0.15) is 0 Å². The molecule has 0 saturated carbocycles. The summed E-state index contributed by atoms with van der Waals surface area (Å²) in [5.41, 5.74) is 1.18. The van der Waals surface area contributed by atoms with E-state index >= 15 is 0 Å². The van der Waals surface area contributed by atoms with E-state index in [-0.39, 0.29) is 12.2 Å². The lowest BCUT2D eigenvalue weighted by Gasteiger charge is -2.09. The van der Waals surface area contributed by atoms with Gasteiger partial charge in [0.15, 0.2) is 0 Å². The quantitative estimate of drug-likeness (QED) is 0.464. The van der Waals surface area contributed by atoms with Crippen LogP contribution in [0.15, 0.2) is 67.3 Å². The van der Waals surface area contributed by atoms with Crippen LogP contribution >= 0.6 is 0 Å². The molecule has 0 aliphatic rings. The summed E-state index contributed by atoms with van der Waals surface area (Å²) in [6, 6.07) is 15.0. The van der Waals surface area contributed by atoms with E-state index in [0.29, 0.717) is 17.5 Å². The Bertz CT molecular complexity index is 749. The average Bonchev–Trinajstić information content (AvgIpc) is 2.62. The van der Waals surface area contributed by atoms with Crippen LogP contribution in [-0.2, 0) is 20.7 Å². The summed E-state index contributed by atoms with van der Waals surface area (Å²) in [5.74, 6) is -1.99. The van der Waals surface area contributed by atoms with Gasteiger partial charge in [0, 0.05) is 12.5 Å². The largest absolute Gasteiger partial charge is 0.462 e. The van der Waals surface area contributed by atoms with Gasteiger partial charge in [0.25, 0.3) is 0 Å². The maximum absolute atomic E-state index is 12.2. The molecule has 2 aromatic carbocycles. The number of ether oxygens (including phenoxy) is 2. The molecule has 2 aromatic rings. The predicted molar refractivity (Wildman–Crippen MR) is 87.5 cm³/mol. The SMILES string of the molecule is C=CC(=O)OCCc1ccccc1C(=O)OC(=O)c1ccccc1. The van der Waals surface area contributed by atoms with Crippen molar-refractivity contribution in [1.82, 2.24) is 0 Å². The summed E-state index contributed by atoms with van der Waals surface area (Å²) in [4.78, 5) is 35.2. The Morgan fingerprint density at radius 1 is 0.917 bits per heavy atom. The minimum Gasteiger partial charge on any atom is -0.462 e. The molecule has 0 fully saturated rings. The van der Waals surface area contributed by atoms with E-state index in [2.05, 4.69) is 6.58 Å². The monoisotopic (exact) mass is 324 g/mol. The van der Waals surface area contributed by atoms with Gasteiger partial charge in [-0.3, -0.25) is 0 Å². The van der Waals surface area contributed by atoms with Gasteiger partial charge < -0.3 is 9.47 Å². The molecule has 0 aliphatic carbocycles. The zero-order chi connectivity index (χ0) is 17.4. The third-order valence-electron chi connectivity index (χ3n) is 3.21. The Labute approximate surface area is 139 Å². The van der Waals surface area contributed by atoms with Gasteiger partial charge in [-0.15, -0.1) is 0 Å². The molecule has 0 heterocycles. The maximum atomic E-state index is 12.2. The molecule has 122 valence electrons. The Morgan fingerprint density at radius 2 is 1.58 bits per heavy atom. The third kappa shape index (κ3) is 4.64. The first-order valence-corrected chi connectivity index (χ1v) is 7.30. The highest BCUT2D eigenvalue weighted by atomic mass is 16.6. The van der Waals surface area contributed by atoms with E-state index in [1.165, 1.54) is 0 Å². The van der Waals surface area contributed by atoms with Crippen LogP contribution < -0.4 is 0 Å². The Kier molecular flexibility index (Phi) is 6.02. The van der Waals surface area contributed by atoms with Crippen molar-refractivity contribution in [2.24, 2.45) is 0 Å². The van der Waals surface area contributed by atoms with Gasteiger partial charge in [-0.25, -0.2) is 14.4 Å². The number of carbonyl (C=O) groups is 3. The van der Waals surface area contributed by atoms with Crippen LogP contribution in [0.25, 0.3) is 0 Å². The smallest absolute Gasteiger partial charge is 0.346 e. The minimum absolute atomic E-state index is 0.0990. The van der Waals surface area contributed by atoms with Crippen molar-refractivity contribution in [2.45, 2.75) is 6.42 Å². The van der Waals surface area contributed by atoms with Gasteiger partial charge in [0.1, 0.15) is 0 Å². The van der Waals surface area contributed by atoms with Crippen LogP contribution in [0.1, 0.15) is 26.3 Å². The number of benzene rings is 2. The van der Waals surface area contributed by atoms with Crippen molar-refractivity contribution in [3.8, 4) is 0 Å². The Hall–Kier alpha value is -3.21. The molecule has 0 spiro atoms. The van der Waals surface area contributed by atoms with E-state index in [9.17, 15) is 14.4 Å². The first-order chi connectivity index (χ1) is 11.6. The lowest BCUT2D eigenvalue weighted by Crippen LogP contribution is -2.15.